The lowest BCUT2D eigenvalue weighted by molar-refractivity contribution is -0.00508. The van der Waals surface area contributed by atoms with Gasteiger partial charge in [0.1, 0.15) is 0 Å². The lowest BCUT2D eigenvalue weighted by Crippen LogP contribution is -2.58. The lowest BCUT2D eigenvalue weighted by Gasteiger charge is -2.43. The molecule has 0 saturated carbocycles. The van der Waals surface area contributed by atoms with Gasteiger partial charge < -0.3 is 25.0 Å². The van der Waals surface area contributed by atoms with Gasteiger partial charge in [0.25, 0.3) is 0 Å². The van der Waals surface area contributed by atoms with Gasteiger partial charge in [-0.1, -0.05) is 13.8 Å². The fourth-order valence-corrected chi connectivity index (χ4v) is 4.07. The quantitative estimate of drug-likeness (QED) is 0.294. The van der Waals surface area contributed by atoms with Crippen LogP contribution < -0.4 is 10.6 Å². The van der Waals surface area contributed by atoms with Crippen LogP contribution in [0, 0.1) is 5.92 Å². The van der Waals surface area contributed by atoms with Gasteiger partial charge in [0.05, 0.1) is 13.2 Å². The summed E-state index contributed by atoms with van der Waals surface area (Å²) in [5.74, 6) is 1.57. The molecule has 2 aliphatic rings. The highest BCUT2D eigenvalue weighted by molar-refractivity contribution is 14.0. The third kappa shape index (κ3) is 7.93. The van der Waals surface area contributed by atoms with E-state index in [2.05, 4.69) is 53.4 Å². The highest BCUT2D eigenvalue weighted by Crippen LogP contribution is 2.25. The SMILES string of the molecule is CN=C(NCC(CC(C)C)N1CCOCC1)NCC1(N(C)C)CCOCC1.I. The maximum atomic E-state index is 5.58. The van der Waals surface area contributed by atoms with E-state index in [-0.39, 0.29) is 29.5 Å². The minimum absolute atomic E-state index is 0. The predicted molar refractivity (Wildman–Crippen MR) is 127 cm³/mol. The van der Waals surface area contributed by atoms with E-state index >= 15 is 0 Å². The molecule has 8 heteroatoms. The van der Waals surface area contributed by atoms with Gasteiger partial charge in [-0.15, -0.1) is 24.0 Å². The Morgan fingerprint density at radius 2 is 1.68 bits per heavy atom. The van der Waals surface area contributed by atoms with E-state index in [0.29, 0.717) is 12.0 Å². The molecule has 0 aliphatic carbocycles. The van der Waals surface area contributed by atoms with Crippen LogP contribution in [0.5, 0.6) is 0 Å². The summed E-state index contributed by atoms with van der Waals surface area (Å²) >= 11 is 0. The fraction of sp³-hybridized carbons (Fsp3) is 0.950. The summed E-state index contributed by atoms with van der Waals surface area (Å²) in [6.45, 7) is 11.8. The minimum atomic E-state index is 0. The van der Waals surface area contributed by atoms with Crippen molar-refractivity contribution in [3.8, 4) is 0 Å². The first-order chi connectivity index (χ1) is 13.0. The summed E-state index contributed by atoms with van der Waals surface area (Å²) < 4.78 is 11.1. The number of likely N-dealkylation sites (N-methyl/N-ethyl adjacent to an activating group) is 1. The number of rotatable bonds is 8. The Balaban J connectivity index is 0.00000392. The van der Waals surface area contributed by atoms with Crippen molar-refractivity contribution in [1.29, 1.82) is 0 Å². The Bertz CT molecular complexity index is 450. The number of nitrogens with zero attached hydrogens (tertiary/aromatic N) is 3. The van der Waals surface area contributed by atoms with E-state index in [9.17, 15) is 0 Å². The van der Waals surface area contributed by atoms with E-state index in [4.69, 9.17) is 9.47 Å². The van der Waals surface area contributed by atoms with Crippen molar-refractivity contribution in [2.75, 3.05) is 73.7 Å². The molecule has 2 saturated heterocycles. The summed E-state index contributed by atoms with van der Waals surface area (Å²) in [5.41, 5.74) is 0.136. The molecule has 28 heavy (non-hydrogen) atoms. The van der Waals surface area contributed by atoms with Crippen LogP contribution in [0.15, 0.2) is 4.99 Å². The number of aliphatic imine (C=N–C) groups is 1. The number of halogens is 1. The molecule has 2 rings (SSSR count). The summed E-state index contributed by atoms with van der Waals surface area (Å²) in [7, 11) is 6.19. The smallest absolute Gasteiger partial charge is 0.191 e. The molecular formula is C20H42IN5O2. The van der Waals surface area contributed by atoms with Gasteiger partial charge in [-0.05, 0) is 39.3 Å². The van der Waals surface area contributed by atoms with Crippen molar-refractivity contribution in [2.45, 2.75) is 44.7 Å². The van der Waals surface area contributed by atoms with E-state index in [1.165, 1.54) is 6.42 Å². The molecule has 2 fully saturated rings. The molecule has 0 radical (unpaired) electrons. The van der Waals surface area contributed by atoms with Gasteiger partial charge in [-0.2, -0.15) is 0 Å². The third-order valence-electron chi connectivity index (χ3n) is 5.99. The Morgan fingerprint density at radius 1 is 1.07 bits per heavy atom. The van der Waals surface area contributed by atoms with Gasteiger partial charge in [-0.25, -0.2) is 0 Å². The summed E-state index contributed by atoms with van der Waals surface area (Å²) in [4.78, 5) is 9.36. The second-order valence-corrected chi connectivity index (χ2v) is 8.47. The largest absolute Gasteiger partial charge is 0.381 e. The molecule has 1 unspecified atom stereocenters. The summed E-state index contributed by atoms with van der Waals surface area (Å²) in [6, 6.07) is 0.512. The first kappa shape index (κ1) is 25.9. The second kappa shape index (κ2) is 13.2. The molecule has 7 nitrogen and oxygen atoms in total. The van der Waals surface area contributed by atoms with Gasteiger partial charge in [0, 0.05) is 58.0 Å². The van der Waals surface area contributed by atoms with Gasteiger partial charge >= 0.3 is 0 Å². The third-order valence-corrected chi connectivity index (χ3v) is 5.99. The van der Waals surface area contributed by atoms with E-state index in [0.717, 1.165) is 71.4 Å². The maximum absolute atomic E-state index is 5.58. The molecule has 2 N–H and O–H groups in total. The van der Waals surface area contributed by atoms with Crippen LogP contribution in [-0.4, -0.2) is 101 Å². The van der Waals surface area contributed by atoms with Crippen LogP contribution in [-0.2, 0) is 9.47 Å². The van der Waals surface area contributed by atoms with Gasteiger partial charge in [-0.3, -0.25) is 9.89 Å². The van der Waals surface area contributed by atoms with Gasteiger partial charge in [0.2, 0.25) is 0 Å². The number of hydrogen-bond donors (Lipinski definition) is 2. The van der Waals surface area contributed by atoms with Crippen LogP contribution in [0.3, 0.4) is 0 Å². The topological polar surface area (TPSA) is 61.4 Å². The van der Waals surface area contributed by atoms with Crippen LogP contribution in [0.2, 0.25) is 0 Å². The fourth-order valence-electron chi connectivity index (χ4n) is 4.07. The Hall–Kier alpha value is -0.160. The normalized spacial score (nSPS) is 22.0. The standard InChI is InChI=1S/C20H41N5O2.HI/c1-17(2)14-18(25-8-12-27-13-9-25)15-22-19(21-3)23-16-20(24(4)5)6-10-26-11-7-20;/h17-18H,6-16H2,1-5H3,(H2,21,22,23);1H. The molecule has 0 aromatic carbocycles. The molecule has 1 atom stereocenters. The predicted octanol–water partition coefficient (Wildman–Crippen LogP) is 1.63. The first-order valence-electron chi connectivity index (χ1n) is 10.5. The highest BCUT2D eigenvalue weighted by atomic mass is 127. The van der Waals surface area contributed by atoms with Crippen molar-refractivity contribution < 1.29 is 9.47 Å². The van der Waals surface area contributed by atoms with Crippen LogP contribution in [0.1, 0.15) is 33.1 Å². The molecule has 0 spiro atoms. The molecule has 0 aromatic rings. The molecule has 0 bridgehead atoms. The number of ether oxygens (including phenoxy) is 2. The number of morpholine rings is 1. The zero-order valence-corrected chi connectivity index (χ0v) is 20.8. The minimum Gasteiger partial charge on any atom is -0.381 e. The molecular weight excluding hydrogens is 469 g/mol. The van der Waals surface area contributed by atoms with Gasteiger partial charge in [0.15, 0.2) is 5.96 Å². The van der Waals surface area contributed by atoms with Crippen LogP contribution in [0.25, 0.3) is 0 Å². The average molecular weight is 511 g/mol. The van der Waals surface area contributed by atoms with Crippen LogP contribution >= 0.6 is 24.0 Å². The van der Waals surface area contributed by atoms with Crippen LogP contribution in [0.4, 0.5) is 0 Å². The Morgan fingerprint density at radius 3 is 2.21 bits per heavy atom. The van der Waals surface area contributed by atoms with Crippen molar-refractivity contribution in [3.63, 3.8) is 0 Å². The summed E-state index contributed by atoms with van der Waals surface area (Å²) in [5, 5.41) is 7.15. The van der Waals surface area contributed by atoms with E-state index in [1.807, 2.05) is 7.05 Å². The second-order valence-electron chi connectivity index (χ2n) is 8.47. The average Bonchev–Trinajstić information content (AvgIpc) is 2.68. The number of hydrogen-bond acceptors (Lipinski definition) is 5. The van der Waals surface area contributed by atoms with Crippen molar-refractivity contribution in [1.82, 2.24) is 20.4 Å². The number of nitrogens with one attached hydrogen (secondary N) is 2. The first-order valence-corrected chi connectivity index (χ1v) is 10.5. The molecule has 166 valence electrons. The van der Waals surface area contributed by atoms with E-state index < -0.39 is 0 Å². The molecule has 2 aliphatic heterocycles. The Labute approximate surface area is 189 Å². The zero-order chi connectivity index (χ0) is 19.7. The monoisotopic (exact) mass is 511 g/mol. The van der Waals surface area contributed by atoms with Crippen molar-refractivity contribution in [3.05, 3.63) is 0 Å². The highest BCUT2D eigenvalue weighted by Gasteiger charge is 2.35. The van der Waals surface area contributed by atoms with E-state index in [1.54, 1.807) is 0 Å². The maximum Gasteiger partial charge on any atom is 0.191 e. The molecule has 0 aromatic heterocycles. The molecule has 0 amide bonds. The summed E-state index contributed by atoms with van der Waals surface area (Å²) in [6.07, 6.45) is 3.28. The van der Waals surface area contributed by atoms with Crippen molar-refractivity contribution >= 4 is 29.9 Å². The molecule has 2 heterocycles. The zero-order valence-electron chi connectivity index (χ0n) is 18.5. The van der Waals surface area contributed by atoms with Crippen molar-refractivity contribution in [2.24, 2.45) is 10.9 Å². The lowest BCUT2D eigenvalue weighted by atomic mass is 9.88. The Kier molecular flexibility index (Phi) is 12.2. The number of guanidine groups is 1.